The van der Waals surface area contributed by atoms with Gasteiger partial charge in [0.2, 0.25) is 0 Å². The van der Waals surface area contributed by atoms with Crippen LogP contribution in [0.4, 0.5) is 21.9 Å². The van der Waals surface area contributed by atoms with E-state index in [1.807, 2.05) is 0 Å². The molecule has 9 heteroatoms. The Bertz CT molecular complexity index is 806. The van der Waals surface area contributed by atoms with Crippen LogP contribution >= 0.6 is 0 Å². The van der Waals surface area contributed by atoms with Crippen LogP contribution in [0, 0.1) is 10.1 Å². The number of carbonyl (C=O) groups excluding carboxylic acids is 1. The molecule has 3 N–H and O–H groups in total. The van der Waals surface area contributed by atoms with Gasteiger partial charge in [-0.15, -0.1) is 0 Å². The number of methoxy groups -OCH3 is 1. The summed E-state index contributed by atoms with van der Waals surface area (Å²) in [7, 11) is 1.44. The van der Waals surface area contributed by atoms with Gasteiger partial charge in [-0.05, 0) is 18.2 Å². The number of ether oxygens (including phenoxy) is 1. The van der Waals surface area contributed by atoms with Gasteiger partial charge in [0.15, 0.2) is 0 Å². The van der Waals surface area contributed by atoms with Gasteiger partial charge in [0.05, 0.1) is 29.0 Å². The van der Waals surface area contributed by atoms with E-state index in [1.54, 1.807) is 24.3 Å². The zero-order valence-electron chi connectivity index (χ0n) is 12.5. The molecule has 0 aromatic heterocycles. The van der Waals surface area contributed by atoms with Gasteiger partial charge in [0.1, 0.15) is 5.75 Å². The van der Waals surface area contributed by atoms with Crippen LogP contribution in [0.1, 0.15) is 10.4 Å². The lowest BCUT2D eigenvalue weighted by molar-refractivity contribution is -0.384. The highest BCUT2D eigenvalue weighted by Gasteiger charge is 2.18. The molecule has 0 spiro atoms. The number of para-hydroxylation sites is 2. The normalized spacial score (nSPS) is 9.88. The number of nitro groups is 1. The van der Waals surface area contributed by atoms with Crippen LogP contribution in [-0.4, -0.2) is 29.1 Å². The number of carboxylic acid groups (broad SMARTS) is 1. The van der Waals surface area contributed by atoms with Crippen molar-refractivity contribution in [2.75, 3.05) is 17.7 Å². The number of benzene rings is 2. The molecule has 0 unspecified atom stereocenters. The molecule has 124 valence electrons. The number of carboxylic acids is 1. The fourth-order valence-corrected chi connectivity index (χ4v) is 1.96. The van der Waals surface area contributed by atoms with Crippen molar-refractivity contribution < 1.29 is 24.4 Å². The first-order chi connectivity index (χ1) is 11.4. The minimum atomic E-state index is -1.40. The molecular weight excluding hydrogens is 318 g/mol. The number of aromatic carboxylic acids is 1. The third kappa shape index (κ3) is 3.77. The van der Waals surface area contributed by atoms with Crippen molar-refractivity contribution in [1.82, 2.24) is 0 Å². The summed E-state index contributed by atoms with van der Waals surface area (Å²) in [6, 6.07) is 9.08. The zero-order valence-corrected chi connectivity index (χ0v) is 12.5. The van der Waals surface area contributed by atoms with Crippen molar-refractivity contribution in [2.24, 2.45) is 0 Å². The first-order valence-corrected chi connectivity index (χ1v) is 6.65. The van der Waals surface area contributed by atoms with Gasteiger partial charge in [-0.1, -0.05) is 12.1 Å². The molecule has 9 nitrogen and oxygen atoms in total. The van der Waals surface area contributed by atoms with Crippen LogP contribution in [-0.2, 0) is 0 Å². The number of hydrogen-bond donors (Lipinski definition) is 3. The van der Waals surface area contributed by atoms with Crippen molar-refractivity contribution in [3.8, 4) is 5.75 Å². The molecule has 0 heterocycles. The molecule has 0 radical (unpaired) electrons. The molecule has 2 amide bonds. The lowest BCUT2D eigenvalue weighted by Crippen LogP contribution is -2.21. The molecule has 2 aromatic rings. The third-order valence-electron chi connectivity index (χ3n) is 3.05. The number of anilines is 2. The third-order valence-corrected chi connectivity index (χ3v) is 3.05. The van der Waals surface area contributed by atoms with Crippen LogP contribution in [0.15, 0.2) is 42.5 Å². The van der Waals surface area contributed by atoms with E-state index in [0.717, 1.165) is 18.2 Å². The van der Waals surface area contributed by atoms with E-state index in [-0.39, 0.29) is 16.9 Å². The quantitative estimate of drug-likeness (QED) is 0.570. The maximum Gasteiger partial charge on any atom is 0.338 e. The van der Waals surface area contributed by atoms with E-state index in [0.29, 0.717) is 11.4 Å². The van der Waals surface area contributed by atoms with Crippen molar-refractivity contribution in [2.45, 2.75) is 0 Å². The van der Waals surface area contributed by atoms with Crippen LogP contribution in [0.3, 0.4) is 0 Å². The minimum Gasteiger partial charge on any atom is -0.495 e. The number of nitrogens with one attached hydrogen (secondary N) is 2. The highest BCUT2D eigenvalue weighted by Crippen LogP contribution is 2.25. The molecule has 0 saturated carbocycles. The van der Waals surface area contributed by atoms with Crippen molar-refractivity contribution in [3.05, 3.63) is 58.1 Å². The first-order valence-electron chi connectivity index (χ1n) is 6.65. The van der Waals surface area contributed by atoms with Gasteiger partial charge in [-0.3, -0.25) is 10.1 Å². The first kappa shape index (κ1) is 16.7. The second-order valence-electron chi connectivity index (χ2n) is 4.57. The van der Waals surface area contributed by atoms with Crippen LogP contribution in [0.2, 0.25) is 0 Å². The maximum atomic E-state index is 12.0. The van der Waals surface area contributed by atoms with E-state index >= 15 is 0 Å². The maximum absolute atomic E-state index is 12.0. The fourth-order valence-electron chi connectivity index (χ4n) is 1.96. The Kier molecular flexibility index (Phi) is 4.95. The Balaban J connectivity index is 2.22. The van der Waals surface area contributed by atoms with E-state index < -0.39 is 16.9 Å². The SMILES string of the molecule is COc1ccccc1NC(=O)Nc1ccc([N+](=O)[O-])cc1C(=O)O. The molecule has 0 aliphatic heterocycles. The molecular formula is C15H13N3O6. The number of carbonyl (C=O) groups is 2. The van der Waals surface area contributed by atoms with Crippen molar-refractivity contribution in [1.29, 1.82) is 0 Å². The summed E-state index contributed by atoms with van der Waals surface area (Å²) >= 11 is 0. The van der Waals surface area contributed by atoms with Crippen molar-refractivity contribution in [3.63, 3.8) is 0 Å². The summed E-state index contributed by atoms with van der Waals surface area (Å²) in [6.45, 7) is 0. The summed E-state index contributed by atoms with van der Waals surface area (Å²) in [5, 5.41) is 24.7. The molecule has 0 bridgehead atoms. The van der Waals surface area contributed by atoms with E-state index in [1.165, 1.54) is 7.11 Å². The summed E-state index contributed by atoms with van der Waals surface area (Å²) < 4.78 is 5.09. The van der Waals surface area contributed by atoms with Crippen LogP contribution < -0.4 is 15.4 Å². The number of non-ortho nitro benzene ring substituents is 1. The summed E-state index contributed by atoms with van der Waals surface area (Å²) in [5.74, 6) is -0.971. The van der Waals surface area contributed by atoms with Crippen LogP contribution in [0.5, 0.6) is 5.75 Å². The highest BCUT2D eigenvalue weighted by molar-refractivity contribution is 6.05. The van der Waals surface area contributed by atoms with E-state index in [2.05, 4.69) is 10.6 Å². The van der Waals surface area contributed by atoms with E-state index in [9.17, 15) is 19.7 Å². The standard InChI is InChI=1S/C15H13N3O6/c1-24-13-5-3-2-4-12(13)17-15(21)16-11-7-6-9(18(22)23)8-10(11)14(19)20/h2-8H,1H3,(H,19,20)(H2,16,17,21). The molecule has 0 fully saturated rings. The second kappa shape index (κ2) is 7.09. The number of urea groups is 1. The predicted octanol–water partition coefficient (Wildman–Crippen LogP) is 2.95. The molecule has 0 aliphatic rings. The summed E-state index contributed by atoms with van der Waals surface area (Å²) in [5.41, 5.74) is -0.459. The number of amides is 2. The molecule has 2 aromatic carbocycles. The Labute approximate surface area is 136 Å². The molecule has 0 saturated heterocycles. The largest absolute Gasteiger partial charge is 0.495 e. The summed E-state index contributed by atoms with van der Waals surface area (Å²) in [4.78, 5) is 33.3. The summed E-state index contributed by atoms with van der Waals surface area (Å²) in [6.07, 6.45) is 0. The van der Waals surface area contributed by atoms with E-state index in [4.69, 9.17) is 9.84 Å². The van der Waals surface area contributed by atoms with Crippen molar-refractivity contribution >= 4 is 29.1 Å². The van der Waals surface area contributed by atoms with Gasteiger partial charge >= 0.3 is 12.0 Å². The fraction of sp³-hybridized carbons (Fsp3) is 0.0667. The lowest BCUT2D eigenvalue weighted by atomic mass is 10.1. The highest BCUT2D eigenvalue weighted by atomic mass is 16.6. The Hall–Kier alpha value is -3.62. The van der Waals surface area contributed by atoms with Gasteiger partial charge < -0.3 is 20.5 Å². The lowest BCUT2D eigenvalue weighted by Gasteiger charge is -2.12. The minimum absolute atomic E-state index is 0.0690. The monoisotopic (exact) mass is 331 g/mol. The molecule has 24 heavy (non-hydrogen) atoms. The Morgan fingerprint density at radius 2 is 1.79 bits per heavy atom. The van der Waals surface area contributed by atoms with Gasteiger partial charge in [-0.2, -0.15) is 0 Å². The zero-order chi connectivity index (χ0) is 17.7. The number of nitrogens with zero attached hydrogens (tertiary/aromatic N) is 1. The smallest absolute Gasteiger partial charge is 0.338 e. The van der Waals surface area contributed by atoms with Gasteiger partial charge in [0.25, 0.3) is 5.69 Å². The molecule has 0 aliphatic carbocycles. The molecule has 2 rings (SSSR count). The number of nitro benzene ring substituents is 1. The average Bonchev–Trinajstić information content (AvgIpc) is 2.55. The number of hydrogen-bond acceptors (Lipinski definition) is 5. The topological polar surface area (TPSA) is 131 Å². The average molecular weight is 331 g/mol. The Morgan fingerprint density at radius 3 is 2.42 bits per heavy atom. The number of rotatable bonds is 5. The molecule has 0 atom stereocenters. The van der Waals surface area contributed by atoms with Gasteiger partial charge in [0, 0.05) is 12.1 Å². The Morgan fingerprint density at radius 1 is 1.12 bits per heavy atom. The second-order valence-corrected chi connectivity index (χ2v) is 4.57. The predicted molar refractivity (Wildman–Crippen MR) is 85.7 cm³/mol. The van der Waals surface area contributed by atoms with Crippen LogP contribution in [0.25, 0.3) is 0 Å². The van der Waals surface area contributed by atoms with Gasteiger partial charge in [-0.25, -0.2) is 9.59 Å².